The quantitative estimate of drug-likeness (QED) is 0.631. The summed E-state index contributed by atoms with van der Waals surface area (Å²) in [5.41, 5.74) is 6.16. The van der Waals surface area contributed by atoms with Crippen LogP contribution in [0, 0.1) is 0 Å². The third-order valence-electron chi connectivity index (χ3n) is 4.35. The van der Waals surface area contributed by atoms with Crippen LogP contribution in [-0.4, -0.2) is 27.9 Å². The summed E-state index contributed by atoms with van der Waals surface area (Å²) in [6, 6.07) is 13.7. The molecule has 29 heavy (non-hydrogen) atoms. The van der Waals surface area contributed by atoms with Crippen LogP contribution < -0.4 is 16.4 Å². The van der Waals surface area contributed by atoms with Gasteiger partial charge in [0.25, 0.3) is 17.4 Å². The second kappa shape index (κ2) is 8.91. The average molecular weight is 410 g/mol. The molecule has 2 aromatic carbocycles. The first-order chi connectivity index (χ1) is 13.9. The van der Waals surface area contributed by atoms with Crippen LogP contribution in [0.5, 0.6) is 0 Å². The van der Waals surface area contributed by atoms with Gasteiger partial charge >= 0.3 is 0 Å². The first-order valence-electron chi connectivity index (χ1n) is 9.12. The Labute approximate surface area is 172 Å². The Morgan fingerprint density at radius 1 is 1.00 bits per heavy atom. The van der Waals surface area contributed by atoms with E-state index in [1.807, 2.05) is 32.2 Å². The zero-order valence-electron chi connectivity index (χ0n) is 16.4. The van der Waals surface area contributed by atoms with E-state index < -0.39 is 11.8 Å². The van der Waals surface area contributed by atoms with E-state index in [4.69, 9.17) is 0 Å². The predicted octanol–water partition coefficient (Wildman–Crippen LogP) is 2.92. The number of aromatic nitrogens is 2. The lowest BCUT2D eigenvalue weighted by Crippen LogP contribution is -2.43. The number of rotatable bonds is 5. The Kier molecular flexibility index (Phi) is 6.33. The Morgan fingerprint density at radius 2 is 1.62 bits per heavy atom. The van der Waals surface area contributed by atoms with Crippen molar-refractivity contribution in [3.63, 3.8) is 0 Å². The fraction of sp³-hybridized carbons (Fsp3) is 0.238. The average Bonchev–Trinajstić information content (AvgIpc) is 2.72. The van der Waals surface area contributed by atoms with Crippen molar-refractivity contribution in [3.05, 3.63) is 75.7 Å². The van der Waals surface area contributed by atoms with Gasteiger partial charge in [-0.2, -0.15) is 16.9 Å². The molecule has 0 fully saturated rings. The molecule has 0 bridgehead atoms. The molecule has 0 aliphatic heterocycles. The van der Waals surface area contributed by atoms with Crippen LogP contribution >= 0.6 is 11.8 Å². The summed E-state index contributed by atoms with van der Waals surface area (Å²) >= 11 is 1.70. The number of nitrogens with zero attached hydrogens (tertiary/aromatic N) is 2. The van der Waals surface area contributed by atoms with Crippen LogP contribution in [0.3, 0.4) is 0 Å². The van der Waals surface area contributed by atoms with E-state index in [1.54, 1.807) is 48.2 Å². The van der Waals surface area contributed by atoms with E-state index in [-0.39, 0.29) is 17.3 Å². The van der Waals surface area contributed by atoms with E-state index >= 15 is 0 Å². The Hall–Kier alpha value is -3.13. The maximum atomic E-state index is 12.7. The van der Waals surface area contributed by atoms with Gasteiger partial charge in [-0.05, 0) is 43.9 Å². The Bertz CT molecular complexity index is 1110. The van der Waals surface area contributed by atoms with Gasteiger partial charge in [0.05, 0.1) is 11.4 Å². The maximum absolute atomic E-state index is 12.7. The topological polar surface area (TPSA) is 93.1 Å². The third kappa shape index (κ3) is 4.48. The SMILES string of the molecule is CSCc1ccc(C(=O)NNC(=O)c2nn(C(C)C)c(=O)c3ccccc23)cc1. The molecule has 1 heterocycles. The molecule has 2 amide bonds. The molecule has 0 atom stereocenters. The van der Waals surface area contributed by atoms with Crippen molar-refractivity contribution in [2.45, 2.75) is 25.6 Å². The van der Waals surface area contributed by atoms with Gasteiger partial charge in [0.15, 0.2) is 5.69 Å². The van der Waals surface area contributed by atoms with Crippen LogP contribution in [-0.2, 0) is 5.75 Å². The second-order valence-corrected chi connectivity index (χ2v) is 7.64. The fourth-order valence-corrected chi connectivity index (χ4v) is 3.41. The largest absolute Gasteiger partial charge is 0.290 e. The molecular formula is C21H22N4O3S. The highest BCUT2D eigenvalue weighted by atomic mass is 32.2. The van der Waals surface area contributed by atoms with Crippen LogP contribution in [0.4, 0.5) is 0 Å². The van der Waals surface area contributed by atoms with Crippen LogP contribution in [0.15, 0.2) is 53.3 Å². The Balaban J connectivity index is 1.82. The number of carbonyl (C=O) groups is 2. The highest BCUT2D eigenvalue weighted by Crippen LogP contribution is 2.15. The van der Waals surface area contributed by atoms with Crippen molar-refractivity contribution < 1.29 is 9.59 Å². The summed E-state index contributed by atoms with van der Waals surface area (Å²) in [7, 11) is 0. The lowest BCUT2D eigenvalue weighted by Gasteiger charge is -2.14. The maximum Gasteiger partial charge on any atom is 0.290 e. The summed E-state index contributed by atoms with van der Waals surface area (Å²) in [4.78, 5) is 37.6. The van der Waals surface area contributed by atoms with E-state index in [1.165, 1.54) is 4.68 Å². The normalized spacial score (nSPS) is 10.9. The van der Waals surface area contributed by atoms with Crippen molar-refractivity contribution in [1.82, 2.24) is 20.6 Å². The summed E-state index contributed by atoms with van der Waals surface area (Å²) in [5, 5.41) is 5.05. The molecule has 0 spiro atoms. The van der Waals surface area contributed by atoms with E-state index in [0.29, 0.717) is 16.3 Å². The molecule has 0 saturated heterocycles. The van der Waals surface area contributed by atoms with Gasteiger partial charge in [0.2, 0.25) is 0 Å². The molecule has 150 valence electrons. The summed E-state index contributed by atoms with van der Waals surface area (Å²) < 4.78 is 1.27. The van der Waals surface area contributed by atoms with E-state index in [0.717, 1.165) is 11.3 Å². The molecule has 7 nitrogen and oxygen atoms in total. The molecule has 2 N–H and O–H groups in total. The number of amides is 2. The summed E-state index contributed by atoms with van der Waals surface area (Å²) in [6.45, 7) is 3.63. The standard InChI is InChI=1S/C21H22N4O3S/c1-13(2)25-21(28)17-7-5-4-6-16(17)18(24-25)20(27)23-22-19(26)15-10-8-14(9-11-15)12-29-3/h4-11,13H,12H2,1-3H3,(H,22,26)(H,23,27). The van der Waals surface area contributed by atoms with Gasteiger partial charge in [-0.15, -0.1) is 0 Å². The third-order valence-corrected chi connectivity index (χ3v) is 4.97. The van der Waals surface area contributed by atoms with Gasteiger partial charge < -0.3 is 0 Å². The first-order valence-corrected chi connectivity index (χ1v) is 10.5. The summed E-state index contributed by atoms with van der Waals surface area (Å²) in [5.74, 6) is -0.165. The molecule has 0 radical (unpaired) electrons. The molecule has 0 unspecified atom stereocenters. The van der Waals surface area contributed by atoms with Crippen molar-refractivity contribution in [3.8, 4) is 0 Å². The lowest BCUT2D eigenvalue weighted by molar-refractivity contribution is 0.0843. The van der Waals surface area contributed by atoms with Gasteiger partial charge in [-0.3, -0.25) is 25.2 Å². The van der Waals surface area contributed by atoms with Crippen molar-refractivity contribution in [1.29, 1.82) is 0 Å². The second-order valence-electron chi connectivity index (χ2n) is 6.78. The zero-order chi connectivity index (χ0) is 21.0. The number of nitrogens with one attached hydrogen (secondary N) is 2. The molecule has 1 aromatic heterocycles. The molecule has 3 aromatic rings. The van der Waals surface area contributed by atoms with Crippen LogP contribution in [0.1, 0.15) is 46.3 Å². The minimum atomic E-state index is -0.594. The fourth-order valence-electron chi connectivity index (χ4n) is 2.89. The highest BCUT2D eigenvalue weighted by Gasteiger charge is 2.18. The van der Waals surface area contributed by atoms with Crippen LogP contribution in [0.2, 0.25) is 0 Å². The monoisotopic (exact) mass is 410 g/mol. The smallest absolute Gasteiger partial charge is 0.267 e. The van der Waals surface area contributed by atoms with E-state index in [2.05, 4.69) is 16.0 Å². The minimum absolute atomic E-state index is 0.0736. The van der Waals surface area contributed by atoms with E-state index in [9.17, 15) is 14.4 Å². The van der Waals surface area contributed by atoms with Crippen molar-refractivity contribution >= 4 is 34.3 Å². The van der Waals surface area contributed by atoms with Gasteiger partial charge in [0.1, 0.15) is 0 Å². The number of hydrazine groups is 1. The van der Waals surface area contributed by atoms with Gasteiger partial charge in [-0.1, -0.05) is 30.3 Å². The number of thioether (sulfide) groups is 1. The number of fused-ring (bicyclic) bond motifs is 1. The van der Waals surface area contributed by atoms with Crippen molar-refractivity contribution in [2.24, 2.45) is 0 Å². The highest BCUT2D eigenvalue weighted by molar-refractivity contribution is 7.97. The summed E-state index contributed by atoms with van der Waals surface area (Å²) in [6.07, 6.45) is 2.01. The number of hydrogen-bond acceptors (Lipinski definition) is 5. The van der Waals surface area contributed by atoms with Gasteiger partial charge in [-0.25, -0.2) is 4.68 Å². The molecule has 3 rings (SSSR count). The first kappa shape index (κ1) is 20.6. The predicted molar refractivity (Wildman–Crippen MR) is 115 cm³/mol. The molecule has 8 heteroatoms. The van der Waals surface area contributed by atoms with Gasteiger partial charge in [0, 0.05) is 16.7 Å². The molecule has 0 saturated carbocycles. The number of benzene rings is 2. The number of hydrogen-bond donors (Lipinski definition) is 2. The number of carbonyl (C=O) groups excluding carboxylic acids is 2. The molecule has 0 aliphatic rings. The van der Waals surface area contributed by atoms with Crippen LogP contribution in [0.25, 0.3) is 10.8 Å². The minimum Gasteiger partial charge on any atom is -0.267 e. The molecular weight excluding hydrogens is 388 g/mol. The lowest BCUT2D eigenvalue weighted by atomic mass is 10.1. The molecule has 0 aliphatic carbocycles. The zero-order valence-corrected chi connectivity index (χ0v) is 17.2. The Morgan fingerprint density at radius 3 is 2.24 bits per heavy atom. The van der Waals surface area contributed by atoms with Crippen molar-refractivity contribution in [2.75, 3.05) is 6.26 Å².